The Morgan fingerprint density at radius 2 is 1.43 bits per heavy atom. The molecule has 0 N–H and O–H groups in total. The van der Waals surface area contributed by atoms with E-state index in [1.807, 2.05) is 0 Å². The van der Waals surface area contributed by atoms with Gasteiger partial charge in [0, 0.05) is 21.6 Å². The van der Waals surface area contributed by atoms with Crippen LogP contribution in [0.3, 0.4) is 0 Å². The van der Waals surface area contributed by atoms with Gasteiger partial charge in [0.25, 0.3) is 5.30 Å². The lowest BCUT2D eigenvalue weighted by atomic mass is 11.6. The van der Waals surface area contributed by atoms with E-state index in [1.54, 1.807) is 0 Å². The number of hydrogen-bond acceptors (Lipinski definition) is 4. The van der Waals surface area contributed by atoms with Crippen LogP contribution in [0.4, 0.5) is 30.7 Å². The van der Waals surface area contributed by atoms with Crippen molar-refractivity contribution in [2.75, 3.05) is 0 Å². The third kappa shape index (κ3) is 10.3. The minimum atomic E-state index is -4.80. The molecule has 0 saturated heterocycles. The van der Waals surface area contributed by atoms with Crippen molar-refractivity contribution in [1.82, 2.24) is 0 Å². The van der Waals surface area contributed by atoms with E-state index in [9.17, 15) is 30.7 Å². The molecule has 0 amide bonds. The molecule has 0 radical (unpaired) electrons. The molecule has 84 valence electrons. The van der Waals surface area contributed by atoms with Crippen molar-refractivity contribution in [1.29, 1.82) is 0 Å². The van der Waals surface area contributed by atoms with Crippen molar-refractivity contribution in [3.8, 4) is 0 Å². The van der Waals surface area contributed by atoms with Gasteiger partial charge in [-0.1, -0.05) is 0 Å². The van der Waals surface area contributed by atoms with Crippen LogP contribution in [0.2, 0.25) is 0 Å². The highest BCUT2D eigenvalue weighted by Gasteiger charge is 2.32. The van der Waals surface area contributed by atoms with Crippen LogP contribution in [0.1, 0.15) is 0 Å². The Labute approximate surface area is 85.4 Å². The summed E-state index contributed by atoms with van der Waals surface area (Å²) in [5.74, 6) is 0. The lowest BCUT2D eigenvalue weighted by Crippen LogP contribution is -1.99. The van der Waals surface area contributed by atoms with Crippen LogP contribution in [0.15, 0.2) is 4.40 Å². The molecular weight excluding hydrogens is 279 g/mol. The fourth-order valence-electron chi connectivity index (χ4n) is 0.184. The molecule has 0 aromatic rings. The summed E-state index contributed by atoms with van der Waals surface area (Å²) in [6.07, 6.45) is 0. The number of alkyl halides is 6. The molecule has 0 aliphatic carbocycles. The average Bonchev–Trinajstić information content (AvgIpc) is 1.94. The highest BCUT2D eigenvalue weighted by atomic mass is 33.1. The standard InChI is InChI=1S/C3F7NS3/c4-1(11-13-2(5,6)7)12-14-3(8,9)10. The van der Waals surface area contributed by atoms with Crippen molar-refractivity contribution in [2.45, 2.75) is 11.0 Å². The van der Waals surface area contributed by atoms with Crippen molar-refractivity contribution in [3.63, 3.8) is 0 Å². The number of rotatable bonds is 2. The molecule has 14 heavy (non-hydrogen) atoms. The summed E-state index contributed by atoms with van der Waals surface area (Å²) in [6.45, 7) is 0. The van der Waals surface area contributed by atoms with Crippen LogP contribution >= 0.6 is 33.5 Å². The summed E-state index contributed by atoms with van der Waals surface area (Å²) < 4.78 is 82.5. The van der Waals surface area contributed by atoms with E-state index in [4.69, 9.17) is 0 Å². The molecular formula is C3F7NS3. The zero-order valence-corrected chi connectivity index (χ0v) is 8.27. The molecule has 0 unspecified atom stereocenters. The fraction of sp³-hybridized carbons (Fsp3) is 0.667. The van der Waals surface area contributed by atoms with Gasteiger partial charge in [-0.2, -0.15) is 35.1 Å². The second kappa shape index (κ2) is 5.35. The predicted octanol–water partition coefficient (Wildman–Crippen LogP) is 4.38. The summed E-state index contributed by atoms with van der Waals surface area (Å²) in [4.78, 5) is 0. The smallest absolute Gasteiger partial charge is 0.175 e. The van der Waals surface area contributed by atoms with Gasteiger partial charge in [0.1, 0.15) is 0 Å². The summed E-state index contributed by atoms with van der Waals surface area (Å²) in [7, 11) is -1.40. The zero-order valence-electron chi connectivity index (χ0n) is 5.82. The van der Waals surface area contributed by atoms with Crippen LogP contribution in [0.5, 0.6) is 0 Å². The van der Waals surface area contributed by atoms with E-state index in [2.05, 4.69) is 4.40 Å². The first-order valence-corrected chi connectivity index (χ1v) is 5.43. The van der Waals surface area contributed by atoms with Crippen LogP contribution in [-0.2, 0) is 0 Å². The fourth-order valence-corrected chi connectivity index (χ4v) is 1.52. The van der Waals surface area contributed by atoms with Gasteiger partial charge in [0.05, 0.1) is 11.9 Å². The third-order valence-corrected chi connectivity index (χ3v) is 2.73. The van der Waals surface area contributed by atoms with Crippen LogP contribution < -0.4 is 0 Å². The van der Waals surface area contributed by atoms with Crippen molar-refractivity contribution in [2.24, 2.45) is 4.40 Å². The molecule has 0 fully saturated rings. The molecule has 0 spiro atoms. The maximum atomic E-state index is 12.1. The third-order valence-electron chi connectivity index (χ3n) is 0.426. The second-order valence-electron chi connectivity index (χ2n) is 1.49. The van der Waals surface area contributed by atoms with E-state index in [-0.39, 0.29) is 0 Å². The monoisotopic (exact) mass is 279 g/mol. The predicted molar refractivity (Wildman–Crippen MR) is 43.4 cm³/mol. The Bertz CT molecular complexity index is 207. The number of hydrogen-bond donors (Lipinski definition) is 0. The number of nitrogens with zero attached hydrogens (tertiary/aromatic N) is 1. The summed E-state index contributed by atoms with van der Waals surface area (Å²) in [6, 6.07) is 0. The normalized spacial score (nSPS) is 14.6. The van der Waals surface area contributed by atoms with E-state index in [0.29, 0.717) is 0 Å². The number of halogens is 7. The highest BCUT2D eigenvalue weighted by molar-refractivity contribution is 8.82. The van der Waals surface area contributed by atoms with Gasteiger partial charge in [-0.15, -0.1) is 0 Å². The second-order valence-corrected chi connectivity index (χ2v) is 4.45. The molecule has 0 rings (SSSR count). The average molecular weight is 279 g/mol. The summed E-state index contributed by atoms with van der Waals surface area (Å²) in [5.41, 5.74) is -9.53. The van der Waals surface area contributed by atoms with Gasteiger partial charge >= 0.3 is 11.0 Å². The minimum absolute atomic E-state index is 0.522. The first-order chi connectivity index (χ1) is 6.10. The molecule has 0 aliphatic heterocycles. The molecule has 0 aromatic carbocycles. The Morgan fingerprint density at radius 3 is 1.79 bits per heavy atom. The van der Waals surface area contributed by atoms with Gasteiger partial charge < -0.3 is 0 Å². The van der Waals surface area contributed by atoms with Crippen molar-refractivity contribution in [3.05, 3.63) is 0 Å². The van der Waals surface area contributed by atoms with Gasteiger partial charge in [-0.05, 0) is 0 Å². The maximum Gasteiger partial charge on any atom is 0.463 e. The van der Waals surface area contributed by atoms with Gasteiger partial charge in [0.15, 0.2) is 0 Å². The molecule has 0 heterocycles. The zero-order chi connectivity index (χ0) is 11.4. The van der Waals surface area contributed by atoms with Crippen molar-refractivity contribution >= 4 is 38.8 Å². The molecule has 0 aromatic heterocycles. The SMILES string of the molecule is FC(=NSC(F)(F)F)SSC(F)(F)F. The molecule has 11 heteroatoms. The van der Waals surface area contributed by atoms with Gasteiger partial charge in [-0.25, -0.2) is 0 Å². The Kier molecular flexibility index (Phi) is 5.44. The van der Waals surface area contributed by atoms with E-state index in [0.717, 1.165) is 0 Å². The first-order valence-electron chi connectivity index (χ1n) is 2.51. The lowest BCUT2D eigenvalue weighted by Gasteiger charge is -2.02. The molecule has 0 bridgehead atoms. The van der Waals surface area contributed by atoms with Crippen LogP contribution in [0.25, 0.3) is 0 Å². The summed E-state index contributed by atoms with van der Waals surface area (Å²) in [5, 5.41) is -1.80. The molecule has 0 aliphatic rings. The van der Waals surface area contributed by atoms with E-state index < -0.39 is 49.8 Å². The topological polar surface area (TPSA) is 12.4 Å². The maximum absolute atomic E-state index is 12.1. The Balaban J connectivity index is 3.91. The van der Waals surface area contributed by atoms with Gasteiger partial charge in [0.2, 0.25) is 0 Å². The molecule has 0 atom stereocenters. The summed E-state index contributed by atoms with van der Waals surface area (Å²) >= 11 is -1.10. The Hall–Kier alpha value is 0.230. The minimum Gasteiger partial charge on any atom is -0.175 e. The van der Waals surface area contributed by atoms with Crippen LogP contribution in [0, 0.1) is 0 Å². The highest BCUT2D eigenvalue weighted by Crippen LogP contribution is 2.42. The lowest BCUT2D eigenvalue weighted by molar-refractivity contribution is -0.0331. The van der Waals surface area contributed by atoms with Crippen LogP contribution in [-0.4, -0.2) is 16.3 Å². The largest absolute Gasteiger partial charge is 0.463 e. The van der Waals surface area contributed by atoms with Gasteiger partial charge in [-0.3, -0.25) is 0 Å². The first kappa shape index (κ1) is 14.2. The van der Waals surface area contributed by atoms with Crippen molar-refractivity contribution < 1.29 is 30.7 Å². The Morgan fingerprint density at radius 1 is 0.929 bits per heavy atom. The quantitative estimate of drug-likeness (QED) is 0.245. The molecule has 0 saturated carbocycles. The van der Waals surface area contributed by atoms with E-state index >= 15 is 0 Å². The molecule has 1 nitrogen and oxygen atoms in total. The van der Waals surface area contributed by atoms with E-state index in [1.165, 1.54) is 0 Å².